The molecule has 7 heteroatoms. The van der Waals surface area contributed by atoms with E-state index >= 15 is 0 Å². The fraction of sp³-hybridized carbons (Fsp3) is 0.278. The van der Waals surface area contributed by atoms with Gasteiger partial charge in [-0.3, -0.25) is 14.2 Å². The molecule has 4 rings (SSSR count). The molecule has 1 fully saturated rings. The summed E-state index contributed by atoms with van der Waals surface area (Å²) in [6.07, 6.45) is 5.15. The highest BCUT2D eigenvalue weighted by Gasteiger charge is 2.14. The second-order valence-corrected chi connectivity index (χ2v) is 5.79. The van der Waals surface area contributed by atoms with E-state index in [1.807, 2.05) is 12.1 Å². The summed E-state index contributed by atoms with van der Waals surface area (Å²) >= 11 is 0. The number of ether oxygens (including phenoxy) is 2. The zero-order valence-corrected chi connectivity index (χ0v) is 13.7. The van der Waals surface area contributed by atoms with Gasteiger partial charge in [0.05, 0.1) is 13.2 Å². The summed E-state index contributed by atoms with van der Waals surface area (Å²) in [5, 5.41) is 0. The van der Waals surface area contributed by atoms with Crippen LogP contribution in [0.1, 0.15) is 5.56 Å². The minimum Gasteiger partial charge on any atom is -0.489 e. The van der Waals surface area contributed by atoms with Gasteiger partial charge in [0, 0.05) is 43.8 Å². The molecular weight excluding hydrogens is 320 g/mol. The van der Waals surface area contributed by atoms with Gasteiger partial charge in [-0.05, 0) is 23.8 Å². The monoisotopic (exact) mass is 338 g/mol. The minimum absolute atomic E-state index is 0.104. The third-order valence-corrected chi connectivity index (χ3v) is 4.12. The van der Waals surface area contributed by atoms with Crippen molar-refractivity contribution >= 4 is 11.5 Å². The summed E-state index contributed by atoms with van der Waals surface area (Å²) in [7, 11) is 0. The van der Waals surface area contributed by atoms with Crippen molar-refractivity contribution in [2.75, 3.05) is 31.2 Å². The van der Waals surface area contributed by atoms with Crippen LogP contribution in [-0.4, -0.2) is 40.7 Å². The molecule has 0 bridgehead atoms. The topological polar surface area (TPSA) is 69.0 Å². The summed E-state index contributed by atoms with van der Waals surface area (Å²) < 4.78 is 12.7. The number of hydrogen-bond donors (Lipinski definition) is 0. The van der Waals surface area contributed by atoms with Crippen molar-refractivity contribution in [2.45, 2.75) is 6.61 Å². The van der Waals surface area contributed by atoms with Gasteiger partial charge in [0.1, 0.15) is 23.8 Å². The molecule has 0 unspecified atom stereocenters. The van der Waals surface area contributed by atoms with Gasteiger partial charge in [-0.2, -0.15) is 0 Å². The van der Waals surface area contributed by atoms with E-state index in [0.717, 1.165) is 18.7 Å². The molecule has 3 aromatic rings. The number of fused-ring (bicyclic) bond motifs is 1. The zero-order valence-electron chi connectivity index (χ0n) is 13.7. The Morgan fingerprint density at radius 3 is 2.72 bits per heavy atom. The quantitative estimate of drug-likeness (QED) is 0.718. The lowest BCUT2D eigenvalue weighted by molar-refractivity contribution is 0.122. The number of aromatic nitrogens is 3. The fourth-order valence-electron chi connectivity index (χ4n) is 2.76. The Balaban J connectivity index is 1.60. The van der Waals surface area contributed by atoms with E-state index in [9.17, 15) is 4.79 Å². The van der Waals surface area contributed by atoms with E-state index in [2.05, 4.69) is 14.9 Å². The van der Waals surface area contributed by atoms with Gasteiger partial charge in [0.2, 0.25) is 0 Å². The maximum absolute atomic E-state index is 12.4. The number of hydrogen-bond acceptors (Lipinski definition) is 6. The van der Waals surface area contributed by atoms with Crippen LogP contribution in [0.25, 0.3) is 5.65 Å². The van der Waals surface area contributed by atoms with Gasteiger partial charge < -0.3 is 14.4 Å². The van der Waals surface area contributed by atoms with Crippen LogP contribution in [0.3, 0.4) is 0 Å². The van der Waals surface area contributed by atoms with Crippen LogP contribution in [0.2, 0.25) is 0 Å². The Kier molecular flexibility index (Phi) is 4.30. The highest BCUT2D eigenvalue weighted by Crippen LogP contribution is 2.17. The number of anilines is 1. The summed E-state index contributed by atoms with van der Waals surface area (Å²) in [4.78, 5) is 23.0. The van der Waals surface area contributed by atoms with Crippen molar-refractivity contribution in [3.05, 3.63) is 64.8 Å². The third-order valence-electron chi connectivity index (χ3n) is 4.12. The van der Waals surface area contributed by atoms with Crippen molar-refractivity contribution in [1.29, 1.82) is 0 Å². The summed E-state index contributed by atoms with van der Waals surface area (Å²) in [5.74, 6) is 1.35. The molecule has 7 nitrogen and oxygen atoms in total. The molecule has 25 heavy (non-hydrogen) atoms. The molecule has 0 saturated carbocycles. The normalized spacial score (nSPS) is 14.6. The standard InChI is InChI=1S/C18H18N4O3/c23-18-12-16(21-7-9-24-10-8-21)20-17-11-15(3-6-22(17)18)25-13-14-1-4-19-5-2-14/h1-6,11-12H,7-10,13H2. The van der Waals surface area contributed by atoms with Crippen LogP contribution < -0.4 is 15.2 Å². The highest BCUT2D eigenvalue weighted by atomic mass is 16.5. The second kappa shape index (κ2) is 6.90. The van der Waals surface area contributed by atoms with E-state index in [1.54, 1.807) is 36.8 Å². The number of rotatable bonds is 4. The van der Waals surface area contributed by atoms with E-state index in [-0.39, 0.29) is 5.56 Å². The van der Waals surface area contributed by atoms with Crippen molar-refractivity contribution in [2.24, 2.45) is 0 Å². The van der Waals surface area contributed by atoms with Crippen LogP contribution in [0.5, 0.6) is 5.75 Å². The molecule has 1 saturated heterocycles. The van der Waals surface area contributed by atoms with Gasteiger partial charge in [-0.25, -0.2) is 4.98 Å². The molecule has 3 aromatic heterocycles. The molecule has 0 radical (unpaired) electrons. The average molecular weight is 338 g/mol. The molecule has 0 aromatic carbocycles. The molecule has 0 atom stereocenters. The van der Waals surface area contributed by atoms with E-state index in [0.29, 0.717) is 37.0 Å². The van der Waals surface area contributed by atoms with Crippen molar-refractivity contribution in [3.63, 3.8) is 0 Å². The van der Waals surface area contributed by atoms with E-state index in [4.69, 9.17) is 9.47 Å². The predicted molar refractivity (Wildman–Crippen MR) is 93.1 cm³/mol. The van der Waals surface area contributed by atoms with E-state index in [1.165, 1.54) is 4.40 Å². The minimum atomic E-state index is -0.104. The first-order valence-corrected chi connectivity index (χ1v) is 8.17. The Bertz CT molecular complexity index is 921. The largest absolute Gasteiger partial charge is 0.489 e. The number of pyridine rings is 2. The first kappa shape index (κ1) is 15.6. The predicted octanol–water partition coefficient (Wildman–Crippen LogP) is 1.51. The van der Waals surface area contributed by atoms with E-state index < -0.39 is 0 Å². The number of nitrogens with zero attached hydrogens (tertiary/aromatic N) is 4. The molecule has 0 spiro atoms. The van der Waals surface area contributed by atoms with Crippen LogP contribution in [0, 0.1) is 0 Å². The highest BCUT2D eigenvalue weighted by molar-refractivity contribution is 5.51. The maximum atomic E-state index is 12.4. The van der Waals surface area contributed by atoms with Crippen LogP contribution >= 0.6 is 0 Å². The van der Waals surface area contributed by atoms with Gasteiger partial charge in [-0.1, -0.05) is 0 Å². The molecule has 0 N–H and O–H groups in total. The molecule has 1 aliphatic rings. The van der Waals surface area contributed by atoms with Crippen molar-refractivity contribution in [3.8, 4) is 5.75 Å². The SMILES string of the molecule is O=c1cc(N2CCOCC2)nc2cc(OCc3ccncc3)ccn12. The summed E-state index contributed by atoms with van der Waals surface area (Å²) in [5.41, 5.74) is 1.50. The molecular formula is C18H18N4O3. The van der Waals surface area contributed by atoms with Gasteiger partial charge >= 0.3 is 0 Å². The van der Waals surface area contributed by atoms with Gasteiger partial charge in [0.15, 0.2) is 0 Å². The lowest BCUT2D eigenvalue weighted by atomic mass is 10.3. The smallest absolute Gasteiger partial charge is 0.259 e. The summed E-state index contributed by atoms with van der Waals surface area (Å²) in [6, 6.07) is 8.93. The second-order valence-electron chi connectivity index (χ2n) is 5.79. The molecule has 1 aliphatic heterocycles. The Labute approximate surface area is 144 Å². The first-order valence-electron chi connectivity index (χ1n) is 8.17. The van der Waals surface area contributed by atoms with Crippen molar-refractivity contribution < 1.29 is 9.47 Å². The maximum Gasteiger partial charge on any atom is 0.259 e. The Hall–Kier alpha value is -2.93. The lowest BCUT2D eigenvalue weighted by Crippen LogP contribution is -2.37. The molecule has 0 aliphatic carbocycles. The lowest BCUT2D eigenvalue weighted by Gasteiger charge is -2.27. The molecule has 0 amide bonds. The first-order chi connectivity index (χ1) is 12.3. The average Bonchev–Trinajstić information content (AvgIpc) is 2.67. The number of morpholine rings is 1. The third kappa shape index (κ3) is 3.46. The molecule has 128 valence electrons. The van der Waals surface area contributed by atoms with Gasteiger partial charge in [-0.15, -0.1) is 0 Å². The zero-order chi connectivity index (χ0) is 17.1. The van der Waals surface area contributed by atoms with Crippen LogP contribution in [0.4, 0.5) is 5.82 Å². The molecule has 4 heterocycles. The Morgan fingerprint density at radius 1 is 1.12 bits per heavy atom. The Morgan fingerprint density at radius 2 is 1.92 bits per heavy atom. The van der Waals surface area contributed by atoms with Crippen LogP contribution in [-0.2, 0) is 11.3 Å². The summed E-state index contributed by atoms with van der Waals surface area (Å²) in [6.45, 7) is 3.21. The van der Waals surface area contributed by atoms with Crippen LogP contribution in [0.15, 0.2) is 53.7 Å². The van der Waals surface area contributed by atoms with Crippen molar-refractivity contribution in [1.82, 2.24) is 14.4 Å². The fourth-order valence-corrected chi connectivity index (χ4v) is 2.76. The van der Waals surface area contributed by atoms with Gasteiger partial charge in [0.25, 0.3) is 5.56 Å².